The first-order valence-electron chi connectivity index (χ1n) is 11.3. The lowest BCUT2D eigenvalue weighted by atomic mass is 10.0. The third-order valence-corrected chi connectivity index (χ3v) is 6.84. The molecule has 4 aromatic heterocycles. The number of halogens is 1. The lowest BCUT2D eigenvalue weighted by Gasteiger charge is -2.23. The fourth-order valence-electron chi connectivity index (χ4n) is 4.76. The molecule has 1 fully saturated rings. The van der Waals surface area contributed by atoms with Crippen LogP contribution in [0.25, 0.3) is 39.0 Å². The van der Waals surface area contributed by atoms with Gasteiger partial charge in [-0.25, -0.2) is 19.3 Å². The first kappa shape index (κ1) is 20.7. The second-order valence-corrected chi connectivity index (χ2v) is 8.91. The van der Waals surface area contributed by atoms with E-state index in [4.69, 9.17) is 26.1 Å². The highest BCUT2D eigenvalue weighted by molar-refractivity contribution is 6.38. The van der Waals surface area contributed by atoms with Crippen LogP contribution in [0, 0.1) is 0 Å². The Morgan fingerprint density at radius 1 is 1.21 bits per heavy atom. The largest absolute Gasteiger partial charge is 0.376 e. The lowest BCUT2D eigenvalue weighted by Crippen LogP contribution is -2.36. The molecule has 0 radical (unpaired) electrons. The molecule has 0 unspecified atom stereocenters. The molecule has 1 saturated heterocycles. The number of ether oxygens (including phenoxy) is 2. The monoisotopic (exact) mass is 465 g/mol. The topological polar surface area (TPSA) is 87.0 Å². The van der Waals surface area contributed by atoms with Crippen LogP contribution in [0.3, 0.4) is 0 Å². The smallest absolute Gasteiger partial charge is 0.334 e. The highest BCUT2D eigenvalue weighted by Gasteiger charge is 2.23. The van der Waals surface area contributed by atoms with E-state index in [1.807, 2.05) is 18.3 Å². The van der Waals surface area contributed by atoms with Crippen LogP contribution in [0.2, 0.25) is 5.02 Å². The highest BCUT2D eigenvalue weighted by Crippen LogP contribution is 2.34. The molecule has 33 heavy (non-hydrogen) atoms. The standard InChI is InChI=1S/C24H24ClN5O3/c25-21-18-6-7-26-22(18)27-12-19(21)15-10-20-23(28-11-15)30(16-4-2-1-3-5-16)24(31)29(20)13-17-14-32-8-9-33-17/h4,6-7,10-12,17H,1-3,5,8-9,13-14H2,(H,26,27)/t17-/m0/s1. The number of fused-ring (bicyclic) bond motifs is 2. The molecule has 0 saturated carbocycles. The third kappa shape index (κ3) is 3.58. The van der Waals surface area contributed by atoms with E-state index in [-0.39, 0.29) is 11.8 Å². The van der Waals surface area contributed by atoms with Crippen molar-refractivity contribution in [1.82, 2.24) is 24.1 Å². The molecule has 8 nitrogen and oxygen atoms in total. The first-order valence-corrected chi connectivity index (χ1v) is 11.7. The van der Waals surface area contributed by atoms with Gasteiger partial charge in [-0.15, -0.1) is 0 Å². The Hall–Kier alpha value is -2.94. The zero-order valence-corrected chi connectivity index (χ0v) is 18.8. The van der Waals surface area contributed by atoms with E-state index in [0.29, 0.717) is 37.0 Å². The molecule has 1 aliphatic heterocycles. The summed E-state index contributed by atoms with van der Waals surface area (Å²) < 4.78 is 14.9. The minimum Gasteiger partial charge on any atom is -0.376 e. The van der Waals surface area contributed by atoms with Crippen molar-refractivity contribution in [2.75, 3.05) is 19.8 Å². The van der Waals surface area contributed by atoms with Crippen LogP contribution < -0.4 is 5.69 Å². The number of aromatic amines is 1. The fraction of sp³-hybridized carbons (Fsp3) is 0.375. The summed E-state index contributed by atoms with van der Waals surface area (Å²) >= 11 is 6.72. The molecule has 1 atom stereocenters. The molecule has 0 bridgehead atoms. The van der Waals surface area contributed by atoms with Crippen LogP contribution in [-0.4, -0.2) is 50.0 Å². The van der Waals surface area contributed by atoms with Gasteiger partial charge in [-0.2, -0.15) is 0 Å². The quantitative estimate of drug-likeness (QED) is 0.487. The van der Waals surface area contributed by atoms with Crippen molar-refractivity contribution in [3.63, 3.8) is 0 Å². The molecule has 6 rings (SSSR count). The molecule has 0 aromatic carbocycles. The molecular formula is C24H24ClN5O3. The zero-order valence-electron chi connectivity index (χ0n) is 18.1. The van der Waals surface area contributed by atoms with Gasteiger partial charge < -0.3 is 14.5 Å². The number of hydrogen-bond donors (Lipinski definition) is 1. The number of nitrogens with zero attached hydrogens (tertiary/aromatic N) is 4. The van der Waals surface area contributed by atoms with E-state index in [0.717, 1.165) is 59.1 Å². The van der Waals surface area contributed by atoms with Crippen molar-refractivity contribution < 1.29 is 9.47 Å². The molecule has 0 amide bonds. The Labute approximate surface area is 194 Å². The summed E-state index contributed by atoms with van der Waals surface area (Å²) in [5, 5.41) is 1.46. The van der Waals surface area contributed by atoms with Gasteiger partial charge in [-0.1, -0.05) is 17.7 Å². The summed E-state index contributed by atoms with van der Waals surface area (Å²) in [6.45, 7) is 1.99. The van der Waals surface area contributed by atoms with E-state index in [2.05, 4.69) is 16.0 Å². The Balaban J connectivity index is 1.52. The van der Waals surface area contributed by atoms with Gasteiger partial charge >= 0.3 is 5.69 Å². The summed E-state index contributed by atoms with van der Waals surface area (Å²) in [5.74, 6) is 0. The molecule has 1 N–H and O–H groups in total. The number of rotatable bonds is 4. The summed E-state index contributed by atoms with van der Waals surface area (Å²) in [4.78, 5) is 25.9. The average molecular weight is 466 g/mol. The van der Waals surface area contributed by atoms with Crippen LogP contribution in [0.4, 0.5) is 0 Å². The Kier molecular flexibility index (Phi) is 5.28. The predicted octanol–water partition coefficient (Wildman–Crippen LogP) is 4.23. The van der Waals surface area contributed by atoms with Gasteiger partial charge in [0.15, 0.2) is 5.65 Å². The predicted molar refractivity (Wildman–Crippen MR) is 127 cm³/mol. The van der Waals surface area contributed by atoms with E-state index in [9.17, 15) is 4.79 Å². The van der Waals surface area contributed by atoms with Gasteiger partial charge in [0, 0.05) is 40.8 Å². The van der Waals surface area contributed by atoms with Gasteiger partial charge in [0.25, 0.3) is 0 Å². The number of aromatic nitrogens is 5. The fourth-order valence-corrected chi connectivity index (χ4v) is 5.07. The summed E-state index contributed by atoms with van der Waals surface area (Å²) in [6.07, 6.45) is 11.4. The molecule has 1 aliphatic carbocycles. The van der Waals surface area contributed by atoms with Crippen molar-refractivity contribution in [2.45, 2.75) is 38.3 Å². The molecule has 5 heterocycles. The number of hydrogen-bond acceptors (Lipinski definition) is 5. The van der Waals surface area contributed by atoms with E-state index < -0.39 is 0 Å². The van der Waals surface area contributed by atoms with Crippen molar-refractivity contribution in [3.05, 3.63) is 52.3 Å². The minimum absolute atomic E-state index is 0.0951. The molecule has 9 heteroatoms. The molecule has 4 aromatic rings. The maximum atomic E-state index is 13.6. The van der Waals surface area contributed by atoms with Crippen molar-refractivity contribution in [3.8, 4) is 11.1 Å². The zero-order chi connectivity index (χ0) is 22.4. The Morgan fingerprint density at radius 3 is 2.97 bits per heavy atom. The number of pyridine rings is 2. The molecule has 170 valence electrons. The van der Waals surface area contributed by atoms with Crippen LogP contribution in [-0.2, 0) is 16.0 Å². The highest BCUT2D eigenvalue weighted by atomic mass is 35.5. The second kappa shape index (κ2) is 8.44. The minimum atomic E-state index is -0.180. The van der Waals surface area contributed by atoms with Gasteiger partial charge in [-0.3, -0.25) is 4.57 Å². The van der Waals surface area contributed by atoms with Crippen LogP contribution in [0.1, 0.15) is 25.7 Å². The van der Waals surface area contributed by atoms with Crippen molar-refractivity contribution in [2.24, 2.45) is 0 Å². The van der Waals surface area contributed by atoms with Gasteiger partial charge in [0.1, 0.15) is 5.65 Å². The van der Waals surface area contributed by atoms with Gasteiger partial charge in [-0.05, 0) is 37.8 Å². The van der Waals surface area contributed by atoms with Crippen LogP contribution >= 0.6 is 11.6 Å². The van der Waals surface area contributed by atoms with Gasteiger partial charge in [0.2, 0.25) is 0 Å². The summed E-state index contributed by atoms with van der Waals surface area (Å²) in [7, 11) is 0. The Morgan fingerprint density at radius 2 is 2.15 bits per heavy atom. The SMILES string of the molecule is O=c1n(C[C@H]2COCCO2)c2cc(-c3cnc4[nH]ccc4c3Cl)cnc2n1C1=CCCCC1. The molecule has 0 spiro atoms. The molecular weight excluding hydrogens is 442 g/mol. The second-order valence-electron chi connectivity index (χ2n) is 8.53. The number of H-pyrrole nitrogens is 1. The number of nitrogens with one attached hydrogen (secondary N) is 1. The number of imidazole rings is 1. The van der Waals surface area contributed by atoms with Crippen molar-refractivity contribution in [1.29, 1.82) is 0 Å². The normalized spacial score (nSPS) is 19.3. The van der Waals surface area contributed by atoms with Crippen molar-refractivity contribution >= 4 is 39.5 Å². The average Bonchev–Trinajstić information content (AvgIpc) is 3.44. The first-order chi connectivity index (χ1) is 16.2. The summed E-state index contributed by atoms with van der Waals surface area (Å²) in [5.41, 5.74) is 4.65. The third-order valence-electron chi connectivity index (χ3n) is 6.43. The maximum Gasteiger partial charge on any atom is 0.334 e. The maximum absolute atomic E-state index is 13.6. The lowest BCUT2D eigenvalue weighted by molar-refractivity contribution is -0.0935. The van der Waals surface area contributed by atoms with E-state index in [1.54, 1.807) is 21.5 Å². The van der Waals surface area contributed by atoms with Crippen LogP contribution in [0.15, 0.2) is 41.6 Å². The van der Waals surface area contributed by atoms with E-state index >= 15 is 0 Å². The number of allylic oxidation sites excluding steroid dienone is 2. The summed E-state index contributed by atoms with van der Waals surface area (Å²) in [6, 6.07) is 3.89. The van der Waals surface area contributed by atoms with Gasteiger partial charge in [0.05, 0.1) is 43.0 Å². The van der Waals surface area contributed by atoms with Crippen LogP contribution in [0.5, 0.6) is 0 Å². The van der Waals surface area contributed by atoms with E-state index in [1.165, 1.54) is 0 Å². The molecule has 2 aliphatic rings. The Bertz CT molecular complexity index is 1430.